The molecule has 0 aromatic heterocycles. The summed E-state index contributed by atoms with van der Waals surface area (Å²) in [4.78, 5) is 0. The van der Waals surface area contributed by atoms with Gasteiger partial charge in [0, 0.05) is 21.0 Å². The van der Waals surface area contributed by atoms with Crippen molar-refractivity contribution >= 4 is 31.9 Å². The number of benzene rings is 1. The molecule has 1 rings (SSSR count). The standard InChI is InChI=1S/C13H19Br2NO/c1-8(2)13(7-17)16-9(3)11-5-4-10(14)6-12(11)15/h4-6,8-9,13,16-17H,7H2,1-3H3. The molecule has 1 aromatic rings. The van der Waals surface area contributed by atoms with Gasteiger partial charge in [-0.05, 0) is 30.5 Å². The molecule has 0 spiro atoms. The molecule has 0 bridgehead atoms. The van der Waals surface area contributed by atoms with Crippen molar-refractivity contribution in [3.8, 4) is 0 Å². The van der Waals surface area contributed by atoms with E-state index in [9.17, 15) is 5.11 Å². The van der Waals surface area contributed by atoms with Crippen LogP contribution in [0.25, 0.3) is 0 Å². The van der Waals surface area contributed by atoms with E-state index in [0.717, 1.165) is 8.95 Å². The Bertz CT molecular complexity index is 368. The number of aliphatic hydroxyl groups excluding tert-OH is 1. The third-order valence-corrected chi connectivity index (χ3v) is 4.07. The first kappa shape index (κ1) is 15.2. The van der Waals surface area contributed by atoms with Crippen LogP contribution >= 0.6 is 31.9 Å². The van der Waals surface area contributed by atoms with E-state index >= 15 is 0 Å². The van der Waals surface area contributed by atoms with Gasteiger partial charge < -0.3 is 10.4 Å². The Kier molecular flexibility index (Phi) is 6.13. The molecular formula is C13H19Br2NO. The van der Waals surface area contributed by atoms with E-state index in [1.54, 1.807) is 0 Å². The van der Waals surface area contributed by atoms with Crippen LogP contribution in [0.1, 0.15) is 32.4 Å². The van der Waals surface area contributed by atoms with Crippen LogP contribution in [0.4, 0.5) is 0 Å². The minimum absolute atomic E-state index is 0.126. The van der Waals surface area contributed by atoms with Crippen molar-refractivity contribution in [2.45, 2.75) is 32.9 Å². The summed E-state index contributed by atoms with van der Waals surface area (Å²) in [7, 11) is 0. The zero-order valence-electron chi connectivity index (χ0n) is 10.4. The summed E-state index contributed by atoms with van der Waals surface area (Å²) in [5.74, 6) is 0.414. The Morgan fingerprint density at radius 3 is 2.35 bits per heavy atom. The lowest BCUT2D eigenvalue weighted by molar-refractivity contribution is 0.201. The van der Waals surface area contributed by atoms with Gasteiger partial charge in [0.2, 0.25) is 0 Å². The summed E-state index contributed by atoms with van der Waals surface area (Å²) < 4.78 is 2.13. The molecule has 17 heavy (non-hydrogen) atoms. The first-order valence-corrected chi connectivity index (χ1v) is 7.36. The fraction of sp³-hybridized carbons (Fsp3) is 0.538. The van der Waals surface area contributed by atoms with Gasteiger partial charge in [-0.15, -0.1) is 0 Å². The molecule has 0 radical (unpaired) electrons. The second kappa shape index (κ2) is 6.88. The van der Waals surface area contributed by atoms with Crippen molar-refractivity contribution in [1.82, 2.24) is 5.32 Å². The van der Waals surface area contributed by atoms with Crippen molar-refractivity contribution in [3.63, 3.8) is 0 Å². The minimum Gasteiger partial charge on any atom is -0.395 e. The number of hydrogen-bond acceptors (Lipinski definition) is 2. The van der Waals surface area contributed by atoms with Gasteiger partial charge in [-0.3, -0.25) is 0 Å². The third-order valence-electron chi connectivity index (χ3n) is 2.89. The van der Waals surface area contributed by atoms with Crippen LogP contribution < -0.4 is 5.32 Å². The molecule has 0 aliphatic carbocycles. The van der Waals surface area contributed by atoms with Crippen molar-refractivity contribution in [3.05, 3.63) is 32.7 Å². The number of halogens is 2. The molecule has 2 N–H and O–H groups in total. The number of aliphatic hydroxyl groups is 1. The van der Waals surface area contributed by atoms with E-state index in [0.29, 0.717) is 5.92 Å². The van der Waals surface area contributed by atoms with Gasteiger partial charge in [0.1, 0.15) is 0 Å². The van der Waals surface area contributed by atoms with Crippen LogP contribution in [-0.2, 0) is 0 Å². The second-order valence-electron chi connectivity index (χ2n) is 4.59. The van der Waals surface area contributed by atoms with Crippen LogP contribution in [0.3, 0.4) is 0 Å². The van der Waals surface area contributed by atoms with Crippen LogP contribution in [0.2, 0.25) is 0 Å². The van der Waals surface area contributed by atoms with Gasteiger partial charge in [-0.1, -0.05) is 51.8 Å². The van der Waals surface area contributed by atoms with Crippen LogP contribution in [0.5, 0.6) is 0 Å². The first-order chi connectivity index (χ1) is 7.95. The van der Waals surface area contributed by atoms with E-state index in [-0.39, 0.29) is 18.7 Å². The van der Waals surface area contributed by atoms with E-state index in [2.05, 4.69) is 64.0 Å². The highest BCUT2D eigenvalue weighted by molar-refractivity contribution is 9.11. The maximum absolute atomic E-state index is 9.32. The fourth-order valence-electron chi connectivity index (χ4n) is 1.72. The summed E-state index contributed by atoms with van der Waals surface area (Å²) in [5.41, 5.74) is 1.20. The molecule has 0 fully saturated rings. The van der Waals surface area contributed by atoms with Gasteiger partial charge >= 0.3 is 0 Å². The highest BCUT2D eigenvalue weighted by Gasteiger charge is 2.17. The topological polar surface area (TPSA) is 32.3 Å². The van der Waals surface area contributed by atoms with Crippen molar-refractivity contribution < 1.29 is 5.11 Å². The Hall–Kier alpha value is 0.1000. The maximum Gasteiger partial charge on any atom is 0.0587 e. The molecule has 0 heterocycles. The second-order valence-corrected chi connectivity index (χ2v) is 6.36. The van der Waals surface area contributed by atoms with Crippen LogP contribution in [0, 0.1) is 5.92 Å². The SMILES string of the molecule is CC(NC(CO)C(C)C)c1ccc(Br)cc1Br. The summed E-state index contributed by atoms with van der Waals surface area (Å²) in [5, 5.41) is 12.8. The lowest BCUT2D eigenvalue weighted by Gasteiger charge is -2.25. The molecule has 4 heteroatoms. The molecule has 2 nitrogen and oxygen atoms in total. The Morgan fingerprint density at radius 2 is 1.88 bits per heavy atom. The van der Waals surface area contributed by atoms with E-state index < -0.39 is 0 Å². The molecule has 0 aliphatic rings. The minimum atomic E-state index is 0.126. The molecule has 2 unspecified atom stereocenters. The van der Waals surface area contributed by atoms with Crippen molar-refractivity contribution in [2.24, 2.45) is 5.92 Å². The van der Waals surface area contributed by atoms with Crippen molar-refractivity contribution in [2.75, 3.05) is 6.61 Å². The summed E-state index contributed by atoms with van der Waals surface area (Å²) >= 11 is 7.01. The van der Waals surface area contributed by atoms with Gasteiger partial charge in [-0.25, -0.2) is 0 Å². The quantitative estimate of drug-likeness (QED) is 0.830. The van der Waals surface area contributed by atoms with Crippen molar-refractivity contribution in [1.29, 1.82) is 0 Å². The lowest BCUT2D eigenvalue weighted by Crippen LogP contribution is -2.38. The first-order valence-electron chi connectivity index (χ1n) is 5.77. The molecule has 2 atom stereocenters. The molecule has 0 saturated heterocycles. The average molecular weight is 365 g/mol. The predicted octanol–water partition coefficient (Wildman–Crippen LogP) is 3.88. The lowest BCUT2D eigenvalue weighted by atomic mass is 10.0. The van der Waals surface area contributed by atoms with Gasteiger partial charge in [0.05, 0.1) is 6.61 Å². The summed E-state index contributed by atoms with van der Waals surface area (Å²) in [6, 6.07) is 6.48. The molecule has 96 valence electrons. The normalized spacial score (nSPS) is 15.0. The van der Waals surface area contributed by atoms with Gasteiger partial charge in [0.15, 0.2) is 0 Å². The van der Waals surface area contributed by atoms with Crippen LogP contribution in [-0.4, -0.2) is 17.8 Å². The number of hydrogen-bond donors (Lipinski definition) is 2. The zero-order chi connectivity index (χ0) is 13.0. The molecule has 0 aliphatic heterocycles. The Balaban J connectivity index is 2.78. The smallest absolute Gasteiger partial charge is 0.0587 e. The fourth-order valence-corrected chi connectivity index (χ4v) is 3.11. The number of rotatable bonds is 5. The highest BCUT2D eigenvalue weighted by Crippen LogP contribution is 2.27. The van der Waals surface area contributed by atoms with E-state index in [1.807, 2.05) is 12.1 Å². The monoisotopic (exact) mass is 363 g/mol. The van der Waals surface area contributed by atoms with Gasteiger partial charge in [-0.2, -0.15) is 0 Å². The molecular weight excluding hydrogens is 346 g/mol. The highest BCUT2D eigenvalue weighted by atomic mass is 79.9. The predicted molar refractivity (Wildman–Crippen MR) is 79.1 cm³/mol. The molecule has 0 saturated carbocycles. The van der Waals surface area contributed by atoms with E-state index in [4.69, 9.17) is 0 Å². The summed E-state index contributed by atoms with van der Waals surface area (Å²) in [6.07, 6.45) is 0. The Labute approximate surface area is 120 Å². The van der Waals surface area contributed by atoms with Gasteiger partial charge in [0.25, 0.3) is 0 Å². The number of nitrogens with one attached hydrogen (secondary N) is 1. The maximum atomic E-state index is 9.32. The molecule has 0 amide bonds. The van der Waals surface area contributed by atoms with Crippen LogP contribution in [0.15, 0.2) is 27.1 Å². The third kappa shape index (κ3) is 4.36. The average Bonchev–Trinajstić information content (AvgIpc) is 2.24. The summed E-state index contributed by atoms with van der Waals surface area (Å²) in [6.45, 7) is 6.49. The Morgan fingerprint density at radius 1 is 1.24 bits per heavy atom. The zero-order valence-corrected chi connectivity index (χ0v) is 13.5. The largest absolute Gasteiger partial charge is 0.395 e. The van der Waals surface area contributed by atoms with E-state index in [1.165, 1.54) is 5.56 Å². The molecule has 1 aromatic carbocycles.